The number of methoxy groups -OCH3 is 3. The first-order valence-electron chi connectivity index (χ1n) is 21.1. The normalized spacial score (nSPS) is 24.3. The minimum absolute atomic E-state index is 0.0492. The minimum Gasteiger partial charge on any atom is -0.497 e. The molecule has 2 aliphatic rings. The van der Waals surface area contributed by atoms with Gasteiger partial charge < -0.3 is 57.2 Å². The Morgan fingerprint density at radius 1 is 0.562 bits per heavy atom. The number of hydrogen-bond acceptors (Lipinski definition) is 14. The number of hydrogen-bond donors (Lipinski definition) is 1. The number of carbonyl (C=O) groups is 2. The average molecular weight is 879 g/mol. The van der Waals surface area contributed by atoms with Crippen molar-refractivity contribution in [1.29, 1.82) is 0 Å². The topological polar surface area (TPSA) is 156 Å². The quantitative estimate of drug-likeness (QED) is 0.0840. The van der Waals surface area contributed by atoms with Gasteiger partial charge in [-0.3, -0.25) is 0 Å². The molecule has 0 amide bonds. The molecule has 1 N–H and O–H groups in total. The van der Waals surface area contributed by atoms with Gasteiger partial charge in [-0.2, -0.15) is 0 Å². The molecule has 0 bridgehead atoms. The van der Waals surface area contributed by atoms with Crippen molar-refractivity contribution < 1.29 is 66.8 Å². The van der Waals surface area contributed by atoms with Crippen molar-refractivity contribution in [3.63, 3.8) is 0 Å². The van der Waals surface area contributed by atoms with Crippen LogP contribution in [0, 0.1) is 0 Å². The van der Waals surface area contributed by atoms with Gasteiger partial charge in [0.2, 0.25) is 0 Å². The van der Waals surface area contributed by atoms with E-state index in [0.29, 0.717) is 22.8 Å². The molecule has 0 radical (unpaired) electrons. The van der Waals surface area contributed by atoms with Gasteiger partial charge in [-0.1, -0.05) is 72.8 Å². The number of benzene rings is 5. The van der Waals surface area contributed by atoms with E-state index in [1.807, 2.05) is 78.9 Å². The van der Waals surface area contributed by atoms with Crippen molar-refractivity contribution >= 4 is 11.9 Å². The lowest BCUT2D eigenvalue weighted by molar-refractivity contribution is -0.350. The summed E-state index contributed by atoms with van der Waals surface area (Å²) in [6.45, 7) is 2.13. The summed E-state index contributed by atoms with van der Waals surface area (Å²) < 4.78 is 67.2. The summed E-state index contributed by atoms with van der Waals surface area (Å²) in [6.07, 6.45) is -9.55. The monoisotopic (exact) mass is 878 g/mol. The van der Waals surface area contributed by atoms with Crippen molar-refractivity contribution in [2.75, 3.05) is 27.9 Å². The van der Waals surface area contributed by atoms with Crippen molar-refractivity contribution in [3.8, 4) is 17.2 Å². The molecule has 14 heteroatoms. The van der Waals surface area contributed by atoms with Gasteiger partial charge in [-0.15, -0.1) is 0 Å². The third kappa shape index (κ3) is 12.2. The van der Waals surface area contributed by atoms with Crippen LogP contribution in [0.5, 0.6) is 17.2 Å². The van der Waals surface area contributed by atoms with Crippen LogP contribution in [0.15, 0.2) is 133 Å². The molecule has 0 unspecified atom stereocenters. The summed E-state index contributed by atoms with van der Waals surface area (Å²) in [5.74, 6) is 0.827. The number of ether oxygens (including phenoxy) is 11. The Balaban J connectivity index is 1.20. The molecule has 338 valence electrons. The first kappa shape index (κ1) is 46.2. The lowest BCUT2D eigenvalue weighted by atomic mass is 9.97. The van der Waals surface area contributed by atoms with Crippen LogP contribution in [0.25, 0.3) is 0 Å². The maximum absolute atomic E-state index is 13.7. The third-order valence-corrected chi connectivity index (χ3v) is 11.0. The van der Waals surface area contributed by atoms with Crippen LogP contribution in [-0.4, -0.2) is 100 Å². The summed E-state index contributed by atoms with van der Waals surface area (Å²) in [5.41, 5.74) is 3.15. The third-order valence-electron chi connectivity index (χ3n) is 11.0. The fourth-order valence-electron chi connectivity index (χ4n) is 7.39. The Hall–Kier alpha value is -5.84. The number of aliphatic hydroxyl groups is 1. The van der Waals surface area contributed by atoms with E-state index in [9.17, 15) is 14.7 Å². The number of esters is 2. The molecule has 14 nitrogen and oxygen atoms in total. The van der Waals surface area contributed by atoms with E-state index in [2.05, 4.69) is 0 Å². The highest BCUT2D eigenvalue weighted by atomic mass is 16.7. The number of carbonyl (C=O) groups excluding carboxylic acids is 2. The Kier molecular flexibility index (Phi) is 16.4. The van der Waals surface area contributed by atoms with E-state index in [1.165, 1.54) is 0 Å². The summed E-state index contributed by atoms with van der Waals surface area (Å²) in [7, 11) is 4.77. The molecular weight excluding hydrogens is 825 g/mol. The molecule has 0 aliphatic carbocycles. The fraction of sp³-hybridized carbons (Fsp3) is 0.360. The van der Waals surface area contributed by atoms with Crippen LogP contribution in [0.3, 0.4) is 0 Å². The fourth-order valence-corrected chi connectivity index (χ4v) is 7.39. The molecule has 2 heterocycles. The number of aliphatic hydroxyl groups excluding tert-OH is 1. The summed E-state index contributed by atoms with van der Waals surface area (Å²) >= 11 is 0. The molecule has 2 saturated heterocycles. The highest BCUT2D eigenvalue weighted by molar-refractivity contribution is 5.90. The molecule has 0 aromatic heterocycles. The maximum Gasteiger partial charge on any atom is 0.338 e. The highest BCUT2D eigenvalue weighted by Crippen LogP contribution is 2.35. The molecule has 2 aliphatic heterocycles. The highest BCUT2D eigenvalue weighted by Gasteiger charge is 2.52. The number of rotatable bonds is 19. The smallest absolute Gasteiger partial charge is 0.338 e. The van der Waals surface area contributed by atoms with E-state index in [4.69, 9.17) is 52.1 Å². The van der Waals surface area contributed by atoms with Gasteiger partial charge in [0.15, 0.2) is 18.7 Å². The van der Waals surface area contributed by atoms with Crippen LogP contribution < -0.4 is 14.2 Å². The lowest BCUT2D eigenvalue weighted by Crippen LogP contribution is -2.63. The Bertz CT molecular complexity index is 2190. The van der Waals surface area contributed by atoms with E-state index < -0.39 is 67.2 Å². The van der Waals surface area contributed by atoms with Crippen molar-refractivity contribution in [2.45, 2.75) is 88.5 Å². The van der Waals surface area contributed by atoms with E-state index in [-0.39, 0.29) is 38.4 Å². The Morgan fingerprint density at radius 2 is 1.05 bits per heavy atom. The van der Waals surface area contributed by atoms with Crippen LogP contribution in [0.1, 0.15) is 50.8 Å². The summed E-state index contributed by atoms with van der Waals surface area (Å²) in [6, 6.07) is 39.3. The van der Waals surface area contributed by atoms with E-state index in [1.54, 1.807) is 82.9 Å². The predicted octanol–water partition coefficient (Wildman–Crippen LogP) is 7.09. The first-order chi connectivity index (χ1) is 31.2. The molecule has 9 atom stereocenters. The minimum atomic E-state index is -1.69. The molecule has 0 spiro atoms. The van der Waals surface area contributed by atoms with Gasteiger partial charge in [-0.25, -0.2) is 9.59 Å². The summed E-state index contributed by atoms with van der Waals surface area (Å²) in [5, 5.41) is 11.8. The van der Waals surface area contributed by atoms with Crippen molar-refractivity contribution in [2.24, 2.45) is 0 Å². The molecule has 5 aromatic carbocycles. The Labute approximate surface area is 372 Å². The van der Waals surface area contributed by atoms with E-state index in [0.717, 1.165) is 16.7 Å². The maximum atomic E-state index is 13.7. The second-order valence-corrected chi connectivity index (χ2v) is 15.3. The van der Waals surface area contributed by atoms with Gasteiger partial charge >= 0.3 is 11.9 Å². The van der Waals surface area contributed by atoms with Gasteiger partial charge in [0.25, 0.3) is 0 Å². The van der Waals surface area contributed by atoms with Crippen LogP contribution in [0.4, 0.5) is 0 Å². The zero-order chi connectivity index (χ0) is 44.8. The average Bonchev–Trinajstić information content (AvgIpc) is 3.33. The van der Waals surface area contributed by atoms with Crippen LogP contribution >= 0.6 is 0 Å². The van der Waals surface area contributed by atoms with Crippen molar-refractivity contribution in [3.05, 3.63) is 161 Å². The van der Waals surface area contributed by atoms with Crippen LogP contribution in [-0.2, 0) is 57.7 Å². The Morgan fingerprint density at radius 3 is 1.56 bits per heavy atom. The largest absolute Gasteiger partial charge is 0.497 e. The molecule has 64 heavy (non-hydrogen) atoms. The standard InChI is InChI=1S/C50H54O14/c1-32-41(61-47(51)36-11-7-5-8-12-36)27-42(58-29-34-17-23-39(55-3)24-18-34)50(60-32)64-45-44(59-30-35-19-25-40(56-4)26-20-35)43(31-57-28-33-15-21-38(54-2)22-16-33)62-49(53)46(45)63-48(52)37-13-9-6-10-14-37/h5-26,32,41-46,49-50,53H,27-31H2,1-4H3/t32-,41-,42+,43-,44-,45+,46+,49+,50-/m1/s1. The summed E-state index contributed by atoms with van der Waals surface area (Å²) in [4.78, 5) is 27.1. The lowest BCUT2D eigenvalue weighted by Gasteiger charge is -2.47. The van der Waals surface area contributed by atoms with Crippen molar-refractivity contribution in [1.82, 2.24) is 0 Å². The van der Waals surface area contributed by atoms with E-state index >= 15 is 0 Å². The molecule has 0 saturated carbocycles. The second kappa shape index (κ2) is 22.7. The van der Waals surface area contributed by atoms with Crippen LogP contribution in [0.2, 0.25) is 0 Å². The zero-order valence-corrected chi connectivity index (χ0v) is 36.2. The predicted molar refractivity (Wildman–Crippen MR) is 232 cm³/mol. The van der Waals surface area contributed by atoms with Gasteiger partial charge in [0, 0.05) is 6.42 Å². The van der Waals surface area contributed by atoms with Gasteiger partial charge in [-0.05, 0) is 84.3 Å². The molecule has 7 rings (SSSR count). The molecule has 2 fully saturated rings. The molecular formula is C50H54O14. The van der Waals surface area contributed by atoms with Gasteiger partial charge in [0.1, 0.15) is 47.8 Å². The second-order valence-electron chi connectivity index (χ2n) is 15.3. The SMILES string of the molecule is COc1ccc(COC[C@H]2O[C@H](O)[C@@H](OC(=O)c3ccccc3)[C@@H](O[C@H]3O[C@H](C)[C@H](OC(=O)c4ccccc4)C[C@@H]3OCc3ccc(OC)cc3)[C@@H]2OCc2ccc(OC)cc2)cc1. The molecule has 5 aromatic rings. The van der Waals surface area contributed by atoms with Gasteiger partial charge in [0.05, 0.1) is 65.0 Å². The first-order valence-corrected chi connectivity index (χ1v) is 21.1. The zero-order valence-electron chi connectivity index (χ0n) is 36.2.